The number of carbonyl (C=O) groups is 1. The summed E-state index contributed by atoms with van der Waals surface area (Å²) in [5.41, 5.74) is 3.33. The van der Waals surface area contributed by atoms with Crippen molar-refractivity contribution in [1.29, 1.82) is 5.26 Å². The zero-order valence-electron chi connectivity index (χ0n) is 15.7. The number of nitrogens with zero attached hydrogens (tertiary/aromatic N) is 1. The lowest BCUT2D eigenvalue weighted by Crippen LogP contribution is -2.13. The van der Waals surface area contributed by atoms with E-state index >= 15 is 0 Å². The lowest BCUT2D eigenvalue weighted by molar-refractivity contribution is -0.112. The highest BCUT2D eigenvalue weighted by molar-refractivity contribution is 6.32. The van der Waals surface area contributed by atoms with E-state index in [1.165, 1.54) is 13.2 Å². The Morgan fingerprint density at radius 1 is 1.26 bits per heavy atom. The van der Waals surface area contributed by atoms with E-state index in [2.05, 4.69) is 5.32 Å². The van der Waals surface area contributed by atoms with E-state index in [0.29, 0.717) is 34.4 Å². The van der Waals surface area contributed by atoms with E-state index in [4.69, 9.17) is 21.1 Å². The molecule has 0 radical (unpaired) electrons. The van der Waals surface area contributed by atoms with Crippen molar-refractivity contribution >= 4 is 29.3 Å². The first-order valence-corrected chi connectivity index (χ1v) is 8.78. The van der Waals surface area contributed by atoms with E-state index in [1.807, 2.05) is 39.0 Å². The lowest BCUT2D eigenvalue weighted by atomic mass is 10.1. The quantitative estimate of drug-likeness (QED) is 0.567. The number of nitrogens with one attached hydrogen (secondary N) is 1. The third kappa shape index (κ3) is 5.02. The van der Waals surface area contributed by atoms with Crippen LogP contribution in [0, 0.1) is 25.2 Å². The normalized spacial score (nSPS) is 10.9. The number of hydrogen-bond acceptors (Lipinski definition) is 4. The molecule has 0 spiro atoms. The van der Waals surface area contributed by atoms with Gasteiger partial charge in [-0.1, -0.05) is 17.7 Å². The fourth-order valence-electron chi connectivity index (χ4n) is 2.47. The van der Waals surface area contributed by atoms with Crippen molar-refractivity contribution in [2.24, 2.45) is 0 Å². The Bertz CT molecular complexity index is 930. The van der Waals surface area contributed by atoms with Crippen LogP contribution in [0.3, 0.4) is 0 Å². The molecule has 0 saturated carbocycles. The second kappa shape index (κ2) is 9.11. The van der Waals surface area contributed by atoms with Gasteiger partial charge in [0.2, 0.25) is 0 Å². The predicted molar refractivity (Wildman–Crippen MR) is 107 cm³/mol. The Hall–Kier alpha value is -2.97. The standard InChI is InChI=1S/C21H21ClN2O3/c1-5-27-19-11-15(10-18(22)20(19)26-4)9-16(12-23)21(25)24-17-7-6-13(2)14(3)8-17/h6-11H,5H2,1-4H3,(H,24,25)/b16-9+. The number of carbonyl (C=O) groups excluding carboxylic acids is 1. The first-order chi connectivity index (χ1) is 12.9. The maximum absolute atomic E-state index is 12.5. The van der Waals surface area contributed by atoms with Gasteiger partial charge in [0.25, 0.3) is 5.91 Å². The summed E-state index contributed by atoms with van der Waals surface area (Å²) in [5.74, 6) is 0.366. The van der Waals surface area contributed by atoms with Crippen LogP contribution < -0.4 is 14.8 Å². The summed E-state index contributed by atoms with van der Waals surface area (Å²) in [6, 6.07) is 10.8. The predicted octanol–water partition coefficient (Wildman–Crippen LogP) is 4.91. The Kier molecular flexibility index (Phi) is 6.86. The number of methoxy groups -OCH3 is 1. The number of hydrogen-bond donors (Lipinski definition) is 1. The highest BCUT2D eigenvalue weighted by Crippen LogP contribution is 2.37. The van der Waals surface area contributed by atoms with Crippen LogP contribution in [-0.2, 0) is 4.79 Å². The minimum atomic E-state index is -0.495. The third-order valence-corrected chi connectivity index (χ3v) is 4.26. The van der Waals surface area contributed by atoms with Crippen LogP contribution in [0.4, 0.5) is 5.69 Å². The molecule has 1 amide bonds. The van der Waals surface area contributed by atoms with E-state index < -0.39 is 5.91 Å². The van der Waals surface area contributed by atoms with Crippen LogP contribution in [0.1, 0.15) is 23.6 Å². The number of benzene rings is 2. The molecule has 1 N–H and O–H groups in total. The SMILES string of the molecule is CCOc1cc(/C=C(\C#N)C(=O)Nc2ccc(C)c(C)c2)cc(Cl)c1OC. The van der Waals surface area contributed by atoms with E-state index in [-0.39, 0.29) is 5.57 Å². The Morgan fingerprint density at radius 2 is 2.00 bits per heavy atom. The van der Waals surface area contributed by atoms with Crippen molar-refractivity contribution < 1.29 is 14.3 Å². The second-order valence-electron chi connectivity index (χ2n) is 5.89. The highest BCUT2D eigenvalue weighted by atomic mass is 35.5. The Labute approximate surface area is 164 Å². The minimum absolute atomic E-state index is 0.0445. The smallest absolute Gasteiger partial charge is 0.266 e. The largest absolute Gasteiger partial charge is 0.491 e. The maximum Gasteiger partial charge on any atom is 0.266 e. The van der Waals surface area contributed by atoms with Crippen molar-refractivity contribution in [3.05, 3.63) is 57.6 Å². The molecule has 2 rings (SSSR count). The average Bonchev–Trinajstić information content (AvgIpc) is 2.63. The summed E-state index contributed by atoms with van der Waals surface area (Å²) < 4.78 is 10.8. The second-order valence-corrected chi connectivity index (χ2v) is 6.30. The summed E-state index contributed by atoms with van der Waals surface area (Å²) in [7, 11) is 1.50. The summed E-state index contributed by atoms with van der Waals surface area (Å²) in [6.45, 7) is 6.22. The van der Waals surface area contributed by atoms with Crippen LogP contribution in [0.15, 0.2) is 35.9 Å². The topological polar surface area (TPSA) is 71.3 Å². The van der Waals surface area contributed by atoms with Crippen molar-refractivity contribution in [2.75, 3.05) is 19.0 Å². The molecule has 5 nitrogen and oxygen atoms in total. The summed E-state index contributed by atoms with van der Waals surface area (Å²) in [4.78, 5) is 12.5. The number of halogens is 1. The van der Waals surface area contributed by atoms with Crippen LogP contribution in [-0.4, -0.2) is 19.6 Å². The molecule has 2 aromatic rings. The number of aryl methyl sites for hydroxylation is 2. The summed E-state index contributed by atoms with van der Waals surface area (Å²) >= 11 is 6.22. The lowest BCUT2D eigenvalue weighted by Gasteiger charge is -2.12. The number of ether oxygens (including phenoxy) is 2. The number of nitriles is 1. The van der Waals surface area contributed by atoms with Gasteiger partial charge in [0.1, 0.15) is 11.6 Å². The Balaban J connectivity index is 2.33. The molecule has 0 saturated heterocycles. The van der Waals surface area contributed by atoms with Crippen molar-refractivity contribution in [3.8, 4) is 17.6 Å². The monoisotopic (exact) mass is 384 g/mol. The average molecular weight is 385 g/mol. The maximum atomic E-state index is 12.5. The van der Waals surface area contributed by atoms with Gasteiger partial charge in [-0.2, -0.15) is 5.26 Å². The molecule has 0 heterocycles. The van der Waals surface area contributed by atoms with Gasteiger partial charge in [-0.05, 0) is 67.8 Å². The first kappa shape index (κ1) is 20.3. The molecule has 0 aliphatic heterocycles. The molecule has 0 unspecified atom stereocenters. The van der Waals surface area contributed by atoms with E-state index in [0.717, 1.165) is 11.1 Å². The molecule has 0 bridgehead atoms. The van der Waals surface area contributed by atoms with Gasteiger partial charge in [-0.25, -0.2) is 0 Å². The molecular weight excluding hydrogens is 364 g/mol. The van der Waals surface area contributed by atoms with Gasteiger partial charge in [0, 0.05) is 5.69 Å². The molecule has 2 aromatic carbocycles. The molecule has 0 aromatic heterocycles. The highest BCUT2D eigenvalue weighted by Gasteiger charge is 2.14. The number of anilines is 1. The van der Waals surface area contributed by atoms with Gasteiger partial charge in [0.05, 0.1) is 18.7 Å². The van der Waals surface area contributed by atoms with Gasteiger partial charge in [-0.3, -0.25) is 4.79 Å². The molecule has 0 aliphatic rings. The van der Waals surface area contributed by atoms with Gasteiger partial charge in [-0.15, -0.1) is 0 Å². The molecule has 140 valence electrons. The van der Waals surface area contributed by atoms with Crippen molar-refractivity contribution in [2.45, 2.75) is 20.8 Å². The molecule has 6 heteroatoms. The van der Waals surface area contributed by atoms with Gasteiger partial charge >= 0.3 is 0 Å². The molecule has 0 fully saturated rings. The van der Waals surface area contributed by atoms with Crippen LogP contribution in [0.2, 0.25) is 5.02 Å². The van der Waals surface area contributed by atoms with Crippen molar-refractivity contribution in [3.63, 3.8) is 0 Å². The van der Waals surface area contributed by atoms with Gasteiger partial charge in [0.15, 0.2) is 11.5 Å². The number of amides is 1. The van der Waals surface area contributed by atoms with E-state index in [9.17, 15) is 10.1 Å². The molecular formula is C21H21ClN2O3. The summed E-state index contributed by atoms with van der Waals surface area (Å²) in [5, 5.41) is 12.5. The summed E-state index contributed by atoms with van der Waals surface area (Å²) in [6.07, 6.45) is 1.46. The zero-order chi connectivity index (χ0) is 20.0. The zero-order valence-corrected chi connectivity index (χ0v) is 16.5. The van der Waals surface area contributed by atoms with Crippen LogP contribution in [0.5, 0.6) is 11.5 Å². The fraction of sp³-hybridized carbons (Fsp3) is 0.238. The molecule has 27 heavy (non-hydrogen) atoms. The molecule has 0 atom stereocenters. The number of rotatable bonds is 6. The molecule has 0 aliphatic carbocycles. The van der Waals surface area contributed by atoms with E-state index in [1.54, 1.807) is 18.2 Å². The van der Waals surface area contributed by atoms with Crippen LogP contribution in [0.25, 0.3) is 6.08 Å². The first-order valence-electron chi connectivity index (χ1n) is 8.40. The van der Waals surface area contributed by atoms with Crippen LogP contribution >= 0.6 is 11.6 Å². The fourth-order valence-corrected chi connectivity index (χ4v) is 2.76. The minimum Gasteiger partial charge on any atom is -0.491 e. The Morgan fingerprint density at radius 3 is 2.59 bits per heavy atom. The third-order valence-electron chi connectivity index (χ3n) is 3.98. The van der Waals surface area contributed by atoms with Crippen molar-refractivity contribution in [1.82, 2.24) is 0 Å². The van der Waals surface area contributed by atoms with Gasteiger partial charge < -0.3 is 14.8 Å².